The Morgan fingerprint density at radius 3 is 2.12 bits per heavy atom. The lowest BCUT2D eigenvalue weighted by molar-refractivity contribution is -0.320. The van der Waals surface area contributed by atoms with Crippen LogP contribution in [-0.4, -0.2) is 117 Å². The van der Waals surface area contributed by atoms with Crippen LogP contribution in [0.1, 0.15) is 6.42 Å². The van der Waals surface area contributed by atoms with E-state index in [-0.39, 0.29) is 6.42 Å². The topological polar surface area (TPSA) is 220 Å². The molecular weight excluding hydrogens is 368 g/mol. The number of aliphatic hydroxyl groups excluding tert-OH is 8. The minimum Gasteiger partial charge on any atom is -0.770 e. The van der Waals surface area contributed by atoms with Gasteiger partial charge in [0, 0.05) is 6.61 Å². The van der Waals surface area contributed by atoms with E-state index in [0.717, 1.165) is 0 Å². The summed E-state index contributed by atoms with van der Waals surface area (Å²) < 4.78 is 31.6. The fourth-order valence-corrected chi connectivity index (χ4v) is 2.69. The van der Waals surface area contributed by atoms with Crippen LogP contribution >= 0.6 is 0 Å². The molecule has 12 nitrogen and oxygen atoms in total. The zero-order valence-electron chi connectivity index (χ0n) is 12.9. The molecule has 13 heteroatoms. The molecule has 0 amide bonds. The summed E-state index contributed by atoms with van der Waals surface area (Å²) in [7, 11) is 0. The van der Waals surface area contributed by atoms with Gasteiger partial charge in [-0.05, 0) is 17.5 Å². The largest absolute Gasteiger partial charge is 0.770 e. The predicted octanol–water partition coefficient (Wildman–Crippen LogP) is -5.53. The Morgan fingerprint density at radius 2 is 1.64 bits per heavy atom. The fraction of sp³-hybridized carbons (Fsp3) is 1.00. The van der Waals surface area contributed by atoms with Crippen molar-refractivity contribution in [1.29, 1.82) is 0 Å². The van der Waals surface area contributed by atoms with E-state index in [9.17, 15) is 39.4 Å². The van der Waals surface area contributed by atoms with Crippen molar-refractivity contribution in [2.45, 2.75) is 60.9 Å². The molecule has 8 N–H and O–H groups in total. The minimum atomic E-state index is -3.12. The lowest BCUT2D eigenvalue weighted by Gasteiger charge is -2.41. The van der Waals surface area contributed by atoms with E-state index in [0.29, 0.717) is 0 Å². The fourth-order valence-electron chi connectivity index (χ4n) is 2.30. The Bertz CT molecular complexity index is 423. The lowest BCUT2D eigenvalue weighted by atomic mass is 9.99. The molecule has 1 saturated heterocycles. The van der Waals surface area contributed by atoms with E-state index in [1.54, 1.807) is 0 Å². The van der Waals surface area contributed by atoms with Crippen LogP contribution in [0.2, 0.25) is 0 Å². The highest BCUT2D eigenvalue weighted by Gasteiger charge is 2.46. The highest BCUT2D eigenvalue weighted by molar-refractivity contribution is 7.79. The molecule has 0 radical (unpaired) electrons. The van der Waals surface area contributed by atoms with Gasteiger partial charge in [-0.1, -0.05) is 0 Å². The number of aliphatic hydroxyl groups is 8. The smallest absolute Gasteiger partial charge is 0.187 e. The molecule has 0 bridgehead atoms. The van der Waals surface area contributed by atoms with Gasteiger partial charge < -0.3 is 54.9 Å². The molecule has 1 rings (SSSR count). The highest BCUT2D eigenvalue weighted by atomic mass is 32.2. The number of rotatable bonds is 9. The summed E-state index contributed by atoms with van der Waals surface area (Å²) in [6.45, 7) is -1.31. The lowest BCUT2D eigenvalue weighted by Crippen LogP contribution is -2.60. The zero-order valence-corrected chi connectivity index (χ0v) is 13.8. The highest BCUT2D eigenvalue weighted by Crippen LogP contribution is 2.25. The third kappa shape index (κ3) is 5.59. The molecular formula is C12H23O12S-. The summed E-state index contributed by atoms with van der Waals surface area (Å²) in [5.74, 6) is 0. The van der Waals surface area contributed by atoms with Crippen molar-refractivity contribution in [3.05, 3.63) is 0 Å². The second kappa shape index (κ2) is 10.1. The van der Waals surface area contributed by atoms with Crippen molar-refractivity contribution in [2.75, 3.05) is 13.2 Å². The van der Waals surface area contributed by atoms with Crippen molar-refractivity contribution in [2.24, 2.45) is 0 Å². The molecule has 0 aromatic heterocycles. The molecule has 150 valence electrons. The Hall–Kier alpha value is -0.290. The monoisotopic (exact) mass is 391 g/mol. The summed E-state index contributed by atoms with van der Waals surface area (Å²) >= 11 is -3.12. The molecule has 0 spiro atoms. The Kier molecular flexibility index (Phi) is 9.24. The zero-order chi connectivity index (χ0) is 19.3. The SMILES string of the molecule is O=S([O-])[C@H](O)[C@H](O)[C@@H](O)[C@@H](CCO)O[C@H]1OC(CO)[C@@H](O)[C@H](O)[C@@H]1O. The van der Waals surface area contributed by atoms with Gasteiger partial charge in [-0.3, -0.25) is 4.21 Å². The first-order valence-corrected chi connectivity index (χ1v) is 8.48. The summed E-state index contributed by atoms with van der Waals surface area (Å²) in [4.78, 5) is 0. The number of hydrogen-bond acceptors (Lipinski definition) is 12. The van der Waals surface area contributed by atoms with E-state index in [1.165, 1.54) is 0 Å². The number of ether oxygens (including phenoxy) is 2. The van der Waals surface area contributed by atoms with Crippen LogP contribution in [0.3, 0.4) is 0 Å². The normalized spacial score (nSPS) is 36.4. The maximum atomic E-state index is 10.7. The van der Waals surface area contributed by atoms with Crippen LogP contribution in [-0.2, 0) is 20.6 Å². The van der Waals surface area contributed by atoms with Crippen LogP contribution in [0, 0.1) is 0 Å². The average molecular weight is 391 g/mol. The Balaban J connectivity index is 2.87. The van der Waals surface area contributed by atoms with Crippen LogP contribution in [0.5, 0.6) is 0 Å². The third-order valence-electron chi connectivity index (χ3n) is 3.79. The van der Waals surface area contributed by atoms with Crippen LogP contribution < -0.4 is 0 Å². The first-order valence-electron chi connectivity index (χ1n) is 7.34. The quantitative estimate of drug-likeness (QED) is 0.172. The van der Waals surface area contributed by atoms with Gasteiger partial charge in [0.2, 0.25) is 0 Å². The van der Waals surface area contributed by atoms with E-state index in [2.05, 4.69) is 0 Å². The summed E-state index contributed by atoms with van der Waals surface area (Å²) in [5, 5.41) is 76.2. The van der Waals surface area contributed by atoms with Gasteiger partial charge in [-0.25, -0.2) is 0 Å². The summed E-state index contributed by atoms with van der Waals surface area (Å²) in [6.07, 6.45) is -14.2. The first-order chi connectivity index (χ1) is 11.6. The van der Waals surface area contributed by atoms with Crippen molar-refractivity contribution in [1.82, 2.24) is 0 Å². The molecule has 2 unspecified atom stereocenters. The molecule has 1 aliphatic rings. The molecule has 10 atom stereocenters. The summed E-state index contributed by atoms with van der Waals surface area (Å²) in [6, 6.07) is 0. The molecule has 1 heterocycles. The van der Waals surface area contributed by atoms with Gasteiger partial charge in [0.25, 0.3) is 0 Å². The van der Waals surface area contributed by atoms with Gasteiger partial charge in [-0.15, -0.1) is 0 Å². The van der Waals surface area contributed by atoms with Crippen molar-refractivity contribution >= 4 is 11.1 Å². The van der Waals surface area contributed by atoms with Crippen molar-refractivity contribution in [3.8, 4) is 0 Å². The van der Waals surface area contributed by atoms with Gasteiger partial charge in [0.1, 0.15) is 42.1 Å². The maximum absolute atomic E-state index is 10.7. The Morgan fingerprint density at radius 1 is 1.04 bits per heavy atom. The van der Waals surface area contributed by atoms with E-state index in [4.69, 9.17) is 19.7 Å². The number of hydrogen-bond donors (Lipinski definition) is 8. The molecule has 0 saturated carbocycles. The third-order valence-corrected chi connectivity index (χ3v) is 4.46. The molecule has 1 aliphatic heterocycles. The van der Waals surface area contributed by atoms with Crippen molar-refractivity contribution < 1.29 is 59.1 Å². The van der Waals surface area contributed by atoms with Crippen LogP contribution in [0.4, 0.5) is 0 Å². The standard InChI is InChI=1S/C12H24O12S/c13-2-1-4(6(15)9(18)11(20)25(21)22)23-12-10(19)8(17)7(16)5(3-14)24-12/h4-20H,1-3H2,(H,21,22)/p-1/t4-,5?,6+,7-,8+,9-,10+,11+,12+/m1/s1. The summed E-state index contributed by atoms with van der Waals surface area (Å²) in [5.41, 5.74) is -2.34. The predicted molar refractivity (Wildman–Crippen MR) is 77.3 cm³/mol. The molecule has 0 aromatic carbocycles. The first kappa shape index (κ1) is 22.8. The Labute approximate surface area is 145 Å². The van der Waals surface area contributed by atoms with Gasteiger partial charge in [0.15, 0.2) is 6.29 Å². The minimum absolute atomic E-state index is 0.356. The second-order valence-corrected chi connectivity index (χ2v) is 6.52. The van der Waals surface area contributed by atoms with Crippen LogP contribution in [0.15, 0.2) is 0 Å². The van der Waals surface area contributed by atoms with Gasteiger partial charge in [0.05, 0.1) is 12.7 Å². The van der Waals surface area contributed by atoms with E-state index >= 15 is 0 Å². The van der Waals surface area contributed by atoms with E-state index in [1.807, 2.05) is 0 Å². The van der Waals surface area contributed by atoms with Gasteiger partial charge >= 0.3 is 0 Å². The van der Waals surface area contributed by atoms with E-state index < -0.39 is 78.7 Å². The average Bonchev–Trinajstić information content (AvgIpc) is 2.59. The molecule has 25 heavy (non-hydrogen) atoms. The van der Waals surface area contributed by atoms with Crippen LogP contribution in [0.25, 0.3) is 0 Å². The maximum Gasteiger partial charge on any atom is 0.187 e. The molecule has 1 fully saturated rings. The van der Waals surface area contributed by atoms with Gasteiger partial charge in [-0.2, -0.15) is 0 Å². The second-order valence-electron chi connectivity index (χ2n) is 5.52. The molecule has 0 aliphatic carbocycles. The molecule has 0 aromatic rings. The van der Waals surface area contributed by atoms with Crippen molar-refractivity contribution in [3.63, 3.8) is 0 Å².